The maximum absolute atomic E-state index is 11.4. The standard InChI is InChI=1S/C16H24O10/c1-5-8(18)2-6-7(14(22)23)4-24-15(10(5)6)26-16-13(21)12(20)11(19)9(3-17)25-16/h4-6,8-13,15-21H,2-3H2,1H3,(H,22,23)/t5-,6+,8-,9+,10+,11+,12-,13+,15-,16+/m0/s1. The molecule has 1 aliphatic carbocycles. The number of hydrogen-bond acceptors (Lipinski definition) is 9. The van der Waals surface area contributed by atoms with E-state index in [2.05, 4.69) is 0 Å². The molecule has 6 N–H and O–H groups in total. The predicted octanol–water partition coefficient (Wildman–Crippen LogP) is -2.24. The normalized spacial score (nSPS) is 48.5. The number of carboxylic acid groups (broad SMARTS) is 1. The minimum atomic E-state index is -1.60. The zero-order valence-corrected chi connectivity index (χ0v) is 14.1. The molecule has 2 heterocycles. The largest absolute Gasteiger partial charge is 0.478 e. The molecule has 0 aromatic heterocycles. The van der Waals surface area contributed by atoms with Gasteiger partial charge in [0.05, 0.1) is 24.5 Å². The molecule has 0 bridgehead atoms. The first kappa shape index (κ1) is 19.5. The Kier molecular flexibility index (Phi) is 5.54. The van der Waals surface area contributed by atoms with E-state index < -0.39 is 67.5 Å². The van der Waals surface area contributed by atoms with Crippen molar-refractivity contribution < 1.29 is 49.6 Å². The number of aliphatic hydroxyl groups excluding tert-OH is 5. The third-order valence-corrected chi connectivity index (χ3v) is 5.58. The van der Waals surface area contributed by atoms with Crippen molar-refractivity contribution in [3.05, 3.63) is 11.8 Å². The van der Waals surface area contributed by atoms with Gasteiger partial charge in [-0.25, -0.2) is 4.79 Å². The summed E-state index contributed by atoms with van der Waals surface area (Å²) in [6.45, 7) is 1.15. The summed E-state index contributed by atoms with van der Waals surface area (Å²) in [5, 5.41) is 58.5. The molecule has 10 nitrogen and oxygen atoms in total. The van der Waals surface area contributed by atoms with Crippen LogP contribution in [0, 0.1) is 17.8 Å². The highest BCUT2D eigenvalue weighted by Gasteiger charge is 2.53. The van der Waals surface area contributed by atoms with Crippen LogP contribution in [0.5, 0.6) is 0 Å². The zero-order valence-electron chi connectivity index (χ0n) is 14.1. The van der Waals surface area contributed by atoms with Gasteiger partial charge in [-0.3, -0.25) is 0 Å². The molecule has 10 atom stereocenters. The van der Waals surface area contributed by atoms with Gasteiger partial charge in [-0.15, -0.1) is 0 Å². The van der Waals surface area contributed by atoms with Crippen LogP contribution >= 0.6 is 0 Å². The van der Waals surface area contributed by atoms with Gasteiger partial charge in [0.15, 0.2) is 6.29 Å². The van der Waals surface area contributed by atoms with Crippen LogP contribution in [0.2, 0.25) is 0 Å². The summed E-state index contributed by atoms with van der Waals surface area (Å²) < 4.78 is 16.3. The molecular weight excluding hydrogens is 352 g/mol. The third kappa shape index (κ3) is 3.22. The zero-order chi connectivity index (χ0) is 19.2. The van der Waals surface area contributed by atoms with E-state index in [9.17, 15) is 35.4 Å². The van der Waals surface area contributed by atoms with Crippen LogP contribution in [0.3, 0.4) is 0 Å². The molecule has 0 radical (unpaired) electrons. The van der Waals surface area contributed by atoms with Crippen molar-refractivity contribution in [2.45, 2.75) is 56.4 Å². The number of carbonyl (C=O) groups is 1. The lowest BCUT2D eigenvalue weighted by Gasteiger charge is -2.43. The van der Waals surface area contributed by atoms with Crippen LogP contribution in [0.4, 0.5) is 0 Å². The number of ether oxygens (including phenoxy) is 3. The van der Waals surface area contributed by atoms with E-state index in [4.69, 9.17) is 14.2 Å². The number of rotatable bonds is 4. The average molecular weight is 376 g/mol. The molecule has 0 spiro atoms. The smallest absolute Gasteiger partial charge is 0.334 e. The fourth-order valence-electron chi connectivity index (χ4n) is 3.99. The molecule has 1 saturated carbocycles. The fraction of sp³-hybridized carbons (Fsp3) is 0.812. The van der Waals surface area contributed by atoms with E-state index in [1.165, 1.54) is 0 Å². The summed E-state index contributed by atoms with van der Waals surface area (Å²) in [7, 11) is 0. The molecule has 2 aliphatic heterocycles. The summed E-state index contributed by atoms with van der Waals surface area (Å²) in [5.41, 5.74) is 0.0343. The van der Waals surface area contributed by atoms with Crippen molar-refractivity contribution >= 4 is 5.97 Å². The maximum Gasteiger partial charge on any atom is 0.334 e. The lowest BCUT2D eigenvalue weighted by Crippen LogP contribution is -2.60. The first-order valence-corrected chi connectivity index (χ1v) is 8.49. The summed E-state index contributed by atoms with van der Waals surface area (Å²) in [6, 6.07) is 0. The van der Waals surface area contributed by atoms with E-state index in [1.807, 2.05) is 0 Å². The van der Waals surface area contributed by atoms with E-state index in [1.54, 1.807) is 6.92 Å². The van der Waals surface area contributed by atoms with Crippen LogP contribution in [0.1, 0.15) is 13.3 Å². The Morgan fingerprint density at radius 1 is 1.19 bits per heavy atom. The molecule has 3 aliphatic rings. The third-order valence-electron chi connectivity index (χ3n) is 5.58. The lowest BCUT2D eigenvalue weighted by molar-refractivity contribution is -0.342. The van der Waals surface area contributed by atoms with Crippen molar-refractivity contribution in [1.29, 1.82) is 0 Å². The van der Waals surface area contributed by atoms with Gasteiger partial charge < -0.3 is 44.8 Å². The molecule has 3 rings (SSSR count). The van der Waals surface area contributed by atoms with Crippen LogP contribution < -0.4 is 0 Å². The number of carboxylic acids is 1. The Morgan fingerprint density at radius 2 is 1.88 bits per heavy atom. The highest BCUT2D eigenvalue weighted by molar-refractivity contribution is 5.87. The monoisotopic (exact) mass is 376 g/mol. The predicted molar refractivity (Wildman–Crippen MR) is 82.2 cm³/mol. The van der Waals surface area contributed by atoms with Crippen molar-refractivity contribution in [2.75, 3.05) is 6.61 Å². The Bertz CT molecular complexity index is 563. The first-order chi connectivity index (χ1) is 12.3. The lowest BCUT2D eigenvalue weighted by atomic mass is 9.83. The number of hydrogen-bond donors (Lipinski definition) is 6. The van der Waals surface area contributed by atoms with Crippen LogP contribution in [0.25, 0.3) is 0 Å². The van der Waals surface area contributed by atoms with E-state index in [0.717, 1.165) is 6.26 Å². The van der Waals surface area contributed by atoms with Gasteiger partial charge in [-0.2, -0.15) is 0 Å². The second kappa shape index (κ2) is 7.39. The molecule has 0 aromatic rings. The summed E-state index contributed by atoms with van der Waals surface area (Å²) >= 11 is 0. The maximum atomic E-state index is 11.4. The molecule has 0 unspecified atom stereocenters. The SMILES string of the molecule is C[C@@H]1[C@H]2[C@H](O[C@H]3O[C@H](CO)[C@@H](O)[C@H](O)[C@H]3O)OC=C(C(=O)O)[C@H]2C[C@@H]1O. The van der Waals surface area contributed by atoms with Crippen molar-refractivity contribution in [1.82, 2.24) is 0 Å². The van der Waals surface area contributed by atoms with Crippen LogP contribution in [-0.4, -0.2) is 86.3 Å². The second-order valence-corrected chi connectivity index (χ2v) is 7.06. The molecule has 0 amide bonds. The molecule has 148 valence electrons. The quantitative estimate of drug-likeness (QED) is 0.316. The topological polar surface area (TPSA) is 166 Å². The van der Waals surface area contributed by atoms with Crippen LogP contribution in [-0.2, 0) is 19.0 Å². The van der Waals surface area contributed by atoms with Gasteiger partial charge in [0.1, 0.15) is 24.4 Å². The second-order valence-electron chi connectivity index (χ2n) is 7.06. The van der Waals surface area contributed by atoms with Gasteiger partial charge in [0.2, 0.25) is 6.29 Å². The van der Waals surface area contributed by atoms with E-state index in [-0.39, 0.29) is 17.9 Å². The Morgan fingerprint density at radius 3 is 2.50 bits per heavy atom. The minimum Gasteiger partial charge on any atom is -0.478 e. The first-order valence-electron chi connectivity index (χ1n) is 8.49. The van der Waals surface area contributed by atoms with Gasteiger partial charge in [-0.1, -0.05) is 6.92 Å². The number of aliphatic carboxylic acids is 1. The molecule has 26 heavy (non-hydrogen) atoms. The minimum absolute atomic E-state index is 0.0343. The Balaban J connectivity index is 1.79. The highest BCUT2D eigenvalue weighted by atomic mass is 16.8. The van der Waals surface area contributed by atoms with E-state index in [0.29, 0.717) is 0 Å². The summed E-state index contributed by atoms with van der Waals surface area (Å²) in [4.78, 5) is 11.4. The highest BCUT2D eigenvalue weighted by Crippen LogP contribution is 2.47. The van der Waals surface area contributed by atoms with Crippen molar-refractivity contribution in [3.63, 3.8) is 0 Å². The van der Waals surface area contributed by atoms with Gasteiger partial charge in [0.25, 0.3) is 0 Å². The molecule has 0 aromatic carbocycles. The van der Waals surface area contributed by atoms with Gasteiger partial charge in [-0.05, 0) is 12.3 Å². The Hall–Kier alpha value is -1.27. The van der Waals surface area contributed by atoms with Gasteiger partial charge >= 0.3 is 5.97 Å². The van der Waals surface area contributed by atoms with Crippen molar-refractivity contribution in [2.24, 2.45) is 17.8 Å². The fourth-order valence-corrected chi connectivity index (χ4v) is 3.99. The molecular formula is C16H24O10. The Labute approximate surface area is 149 Å². The average Bonchev–Trinajstić information content (AvgIpc) is 2.90. The summed E-state index contributed by atoms with van der Waals surface area (Å²) in [6.07, 6.45) is -7.71. The molecule has 1 saturated heterocycles. The molecule has 2 fully saturated rings. The molecule has 10 heteroatoms. The summed E-state index contributed by atoms with van der Waals surface area (Å²) in [5.74, 6) is -2.49. The van der Waals surface area contributed by atoms with Crippen LogP contribution in [0.15, 0.2) is 11.8 Å². The number of fused-ring (bicyclic) bond motifs is 1. The number of aliphatic hydroxyl groups is 5. The van der Waals surface area contributed by atoms with Gasteiger partial charge in [0, 0.05) is 11.8 Å². The van der Waals surface area contributed by atoms with E-state index >= 15 is 0 Å². The van der Waals surface area contributed by atoms with Crippen molar-refractivity contribution in [3.8, 4) is 0 Å².